The van der Waals surface area contributed by atoms with Crippen LogP contribution in [0.15, 0.2) is 36.4 Å². The van der Waals surface area contributed by atoms with E-state index in [4.69, 9.17) is 4.74 Å². The Morgan fingerprint density at radius 3 is 2.73 bits per heavy atom. The maximum atomic E-state index is 12.8. The number of carbonyl (C=O) groups excluding carboxylic acids is 2. The van der Waals surface area contributed by atoms with Gasteiger partial charge in [-0.1, -0.05) is 30.3 Å². The van der Waals surface area contributed by atoms with Crippen molar-refractivity contribution in [2.45, 2.75) is 46.3 Å². The molecule has 1 fully saturated rings. The van der Waals surface area contributed by atoms with Gasteiger partial charge in [0.1, 0.15) is 0 Å². The first-order chi connectivity index (χ1) is 15.9. The molecule has 0 bridgehead atoms. The Morgan fingerprint density at radius 2 is 2.00 bits per heavy atom. The van der Waals surface area contributed by atoms with Gasteiger partial charge in [0.2, 0.25) is 5.91 Å². The average Bonchev–Trinajstić information content (AvgIpc) is 3.34. The highest BCUT2D eigenvalue weighted by Crippen LogP contribution is 2.25. The van der Waals surface area contributed by atoms with E-state index in [1.165, 1.54) is 0 Å². The van der Waals surface area contributed by atoms with E-state index in [0.717, 1.165) is 28.2 Å². The second kappa shape index (κ2) is 9.99. The summed E-state index contributed by atoms with van der Waals surface area (Å²) in [5.74, 6) is 0.195. The molecule has 9 heteroatoms. The fraction of sp³-hybridized carbons (Fsp3) is 0.417. The third kappa shape index (κ3) is 5.31. The number of amides is 2. The number of benzene rings is 1. The molecule has 1 aliphatic rings. The second-order valence-electron chi connectivity index (χ2n) is 8.38. The second-order valence-corrected chi connectivity index (χ2v) is 8.38. The molecule has 1 aromatic carbocycles. The number of rotatable bonds is 7. The topological polar surface area (TPSA) is 105 Å². The highest BCUT2D eigenvalue weighted by molar-refractivity contribution is 5.95. The molecule has 9 nitrogen and oxygen atoms in total. The smallest absolute Gasteiger partial charge is 0.256 e. The van der Waals surface area contributed by atoms with Gasteiger partial charge in [0, 0.05) is 30.8 Å². The Morgan fingerprint density at radius 1 is 1.21 bits per heavy atom. The van der Waals surface area contributed by atoms with Gasteiger partial charge < -0.3 is 15.0 Å². The number of hydrogen-bond donors (Lipinski definition) is 2. The van der Waals surface area contributed by atoms with E-state index in [1.54, 1.807) is 4.90 Å². The summed E-state index contributed by atoms with van der Waals surface area (Å²) in [4.78, 5) is 27.3. The van der Waals surface area contributed by atoms with E-state index in [-0.39, 0.29) is 18.4 Å². The van der Waals surface area contributed by atoms with Crippen LogP contribution in [0, 0.1) is 20.8 Å². The van der Waals surface area contributed by atoms with Crippen molar-refractivity contribution in [1.82, 2.24) is 24.9 Å². The standard InChI is InChI=1S/C24H30N6O3/c1-16-14-17(2)30(28-16)11-7-10-21(31)29-12-13-33-20(15-29)24(32)25-23-18(3)22(26-27-23)19-8-5-4-6-9-19/h4-6,8-9,14,20H,7,10-13,15H2,1-3H3,(H2,25,26,27,32). The lowest BCUT2D eigenvalue weighted by Crippen LogP contribution is -2.50. The fourth-order valence-electron chi connectivity index (χ4n) is 4.08. The number of nitrogens with one attached hydrogen (secondary N) is 2. The molecule has 3 heterocycles. The van der Waals surface area contributed by atoms with Crippen LogP contribution in [0.2, 0.25) is 0 Å². The summed E-state index contributed by atoms with van der Waals surface area (Å²) in [6.45, 7) is 7.62. The number of aromatic nitrogens is 4. The molecule has 3 aromatic rings. The minimum absolute atomic E-state index is 0.0277. The van der Waals surface area contributed by atoms with Gasteiger partial charge in [-0.05, 0) is 38.8 Å². The van der Waals surface area contributed by atoms with Crippen molar-refractivity contribution in [3.63, 3.8) is 0 Å². The first-order valence-electron chi connectivity index (χ1n) is 11.2. The van der Waals surface area contributed by atoms with E-state index >= 15 is 0 Å². The first kappa shape index (κ1) is 22.7. The molecule has 4 rings (SSSR count). The van der Waals surface area contributed by atoms with E-state index in [9.17, 15) is 9.59 Å². The highest BCUT2D eigenvalue weighted by atomic mass is 16.5. The number of carbonyl (C=O) groups is 2. The maximum Gasteiger partial charge on any atom is 0.256 e. The van der Waals surface area contributed by atoms with Crippen molar-refractivity contribution >= 4 is 17.6 Å². The zero-order valence-corrected chi connectivity index (χ0v) is 19.3. The molecule has 2 aromatic heterocycles. The molecule has 33 heavy (non-hydrogen) atoms. The van der Waals surface area contributed by atoms with Gasteiger partial charge >= 0.3 is 0 Å². The third-order valence-electron chi connectivity index (χ3n) is 5.89. The zero-order valence-electron chi connectivity index (χ0n) is 19.3. The van der Waals surface area contributed by atoms with Gasteiger partial charge in [0.15, 0.2) is 11.9 Å². The average molecular weight is 451 g/mol. The van der Waals surface area contributed by atoms with Crippen molar-refractivity contribution in [2.75, 3.05) is 25.0 Å². The van der Waals surface area contributed by atoms with Crippen LogP contribution in [0.5, 0.6) is 0 Å². The van der Waals surface area contributed by atoms with Gasteiger partial charge in [0.25, 0.3) is 5.91 Å². The Labute approximate surface area is 193 Å². The Hall–Kier alpha value is -3.46. The number of nitrogens with zero attached hydrogens (tertiary/aromatic N) is 4. The van der Waals surface area contributed by atoms with Crippen molar-refractivity contribution < 1.29 is 14.3 Å². The van der Waals surface area contributed by atoms with Crippen LogP contribution in [0.1, 0.15) is 29.8 Å². The van der Waals surface area contributed by atoms with Gasteiger partial charge in [0.05, 0.1) is 24.5 Å². The third-order valence-corrected chi connectivity index (χ3v) is 5.89. The number of morpholine rings is 1. The van der Waals surface area contributed by atoms with Crippen LogP contribution in [-0.4, -0.2) is 62.5 Å². The lowest BCUT2D eigenvalue weighted by atomic mass is 10.1. The molecule has 1 atom stereocenters. The van der Waals surface area contributed by atoms with Gasteiger partial charge in [-0.3, -0.25) is 19.4 Å². The Kier molecular flexibility index (Phi) is 6.88. The monoisotopic (exact) mass is 450 g/mol. The van der Waals surface area contributed by atoms with Crippen molar-refractivity contribution in [1.29, 1.82) is 0 Å². The lowest BCUT2D eigenvalue weighted by Gasteiger charge is -2.32. The molecule has 0 spiro atoms. The minimum atomic E-state index is -0.727. The number of H-pyrrole nitrogens is 1. The molecule has 0 saturated carbocycles. The zero-order chi connectivity index (χ0) is 23.4. The SMILES string of the molecule is Cc1cc(C)n(CCCC(=O)N2CCOC(C(=O)Nc3n[nH]c(-c4ccccc4)c3C)C2)n1. The molecular weight excluding hydrogens is 420 g/mol. The fourth-order valence-corrected chi connectivity index (χ4v) is 4.08. The van der Waals surface area contributed by atoms with Crippen LogP contribution < -0.4 is 5.32 Å². The number of aryl methyl sites for hydroxylation is 3. The van der Waals surface area contributed by atoms with Gasteiger partial charge in [-0.15, -0.1) is 0 Å². The van der Waals surface area contributed by atoms with E-state index in [1.807, 2.05) is 61.9 Å². The maximum absolute atomic E-state index is 12.8. The van der Waals surface area contributed by atoms with Crippen LogP contribution in [0.4, 0.5) is 5.82 Å². The molecule has 1 saturated heterocycles. The summed E-state index contributed by atoms with van der Waals surface area (Å²) in [5, 5.41) is 14.5. The van der Waals surface area contributed by atoms with Crippen LogP contribution in [0.3, 0.4) is 0 Å². The summed E-state index contributed by atoms with van der Waals surface area (Å²) in [6.07, 6.45) is 0.380. The molecule has 2 N–H and O–H groups in total. The summed E-state index contributed by atoms with van der Waals surface area (Å²) in [5.41, 5.74) is 4.77. The predicted molar refractivity (Wildman–Crippen MR) is 125 cm³/mol. The lowest BCUT2D eigenvalue weighted by molar-refractivity contribution is -0.144. The van der Waals surface area contributed by atoms with Crippen molar-refractivity contribution in [3.8, 4) is 11.3 Å². The van der Waals surface area contributed by atoms with Crippen LogP contribution in [0.25, 0.3) is 11.3 Å². The molecule has 1 unspecified atom stereocenters. The van der Waals surface area contributed by atoms with E-state index < -0.39 is 6.10 Å². The number of ether oxygens (including phenoxy) is 1. The minimum Gasteiger partial charge on any atom is -0.365 e. The van der Waals surface area contributed by atoms with E-state index in [0.29, 0.717) is 38.4 Å². The van der Waals surface area contributed by atoms with Crippen molar-refractivity contribution in [2.24, 2.45) is 0 Å². The Balaban J connectivity index is 1.31. The molecular formula is C24H30N6O3. The quantitative estimate of drug-likeness (QED) is 0.576. The van der Waals surface area contributed by atoms with Crippen molar-refractivity contribution in [3.05, 3.63) is 53.3 Å². The number of hydrogen-bond acceptors (Lipinski definition) is 5. The van der Waals surface area contributed by atoms with Gasteiger partial charge in [-0.2, -0.15) is 10.2 Å². The summed E-state index contributed by atoms with van der Waals surface area (Å²) < 4.78 is 7.58. The van der Waals surface area contributed by atoms with Gasteiger partial charge in [-0.25, -0.2) is 0 Å². The number of aromatic amines is 1. The first-order valence-corrected chi connectivity index (χ1v) is 11.2. The summed E-state index contributed by atoms with van der Waals surface area (Å²) >= 11 is 0. The molecule has 0 radical (unpaired) electrons. The summed E-state index contributed by atoms with van der Waals surface area (Å²) in [6, 6.07) is 11.8. The Bertz CT molecular complexity index is 1120. The normalized spacial score (nSPS) is 16.1. The summed E-state index contributed by atoms with van der Waals surface area (Å²) in [7, 11) is 0. The molecule has 2 amide bonds. The van der Waals surface area contributed by atoms with Crippen LogP contribution in [-0.2, 0) is 20.9 Å². The van der Waals surface area contributed by atoms with Crippen LogP contribution >= 0.6 is 0 Å². The molecule has 0 aliphatic carbocycles. The number of anilines is 1. The highest BCUT2D eigenvalue weighted by Gasteiger charge is 2.30. The molecule has 1 aliphatic heterocycles. The largest absolute Gasteiger partial charge is 0.365 e. The van der Waals surface area contributed by atoms with E-state index in [2.05, 4.69) is 20.6 Å². The molecule has 174 valence electrons. The predicted octanol–water partition coefficient (Wildman–Crippen LogP) is 2.84.